The standard InChI is InChI=1S/C24H27BrN2O4/c1-4-15-31-19-11-7-16(8-12-19)21-20(22(28)17-5-9-18(25)10-6-17)23(29)24(30)27(21)14-13-26(2)3/h5-12,21,28H,4,13-15H2,1-3H3/b22-20+/t21-/m1/s1. The molecular weight excluding hydrogens is 460 g/mol. The van der Waals surface area contributed by atoms with Gasteiger partial charge in [0.25, 0.3) is 11.7 Å². The highest BCUT2D eigenvalue weighted by atomic mass is 79.9. The van der Waals surface area contributed by atoms with Crippen molar-refractivity contribution in [3.05, 3.63) is 69.7 Å². The fraction of sp³-hybridized carbons (Fsp3) is 0.333. The normalized spacial score (nSPS) is 18.1. The molecule has 1 aliphatic heterocycles. The van der Waals surface area contributed by atoms with Gasteiger partial charge in [0.1, 0.15) is 11.5 Å². The van der Waals surface area contributed by atoms with Crippen LogP contribution in [0.5, 0.6) is 5.75 Å². The van der Waals surface area contributed by atoms with Gasteiger partial charge in [0, 0.05) is 23.1 Å². The van der Waals surface area contributed by atoms with E-state index < -0.39 is 17.7 Å². The van der Waals surface area contributed by atoms with Crippen molar-refractivity contribution in [1.29, 1.82) is 0 Å². The van der Waals surface area contributed by atoms with Crippen LogP contribution < -0.4 is 4.74 Å². The third-order valence-electron chi connectivity index (χ3n) is 5.11. The molecule has 6 nitrogen and oxygen atoms in total. The van der Waals surface area contributed by atoms with Crippen LogP contribution >= 0.6 is 15.9 Å². The van der Waals surface area contributed by atoms with Crippen molar-refractivity contribution in [3.8, 4) is 5.75 Å². The van der Waals surface area contributed by atoms with Gasteiger partial charge < -0.3 is 19.6 Å². The SMILES string of the molecule is CCCOc1ccc([C@@H]2/C(=C(\O)c3ccc(Br)cc3)C(=O)C(=O)N2CCN(C)C)cc1. The van der Waals surface area contributed by atoms with Gasteiger partial charge in [0.05, 0.1) is 18.2 Å². The number of aliphatic hydroxyl groups excluding tert-OH is 1. The molecule has 1 amide bonds. The minimum absolute atomic E-state index is 0.105. The van der Waals surface area contributed by atoms with Crippen LogP contribution in [0.15, 0.2) is 58.6 Å². The highest BCUT2D eigenvalue weighted by Gasteiger charge is 2.45. The summed E-state index contributed by atoms with van der Waals surface area (Å²) in [7, 11) is 3.82. The number of nitrogens with zero attached hydrogens (tertiary/aromatic N) is 2. The van der Waals surface area contributed by atoms with E-state index in [9.17, 15) is 14.7 Å². The van der Waals surface area contributed by atoms with Crippen LogP contribution in [0, 0.1) is 0 Å². The van der Waals surface area contributed by atoms with Crippen LogP contribution in [0.4, 0.5) is 0 Å². The molecule has 0 saturated carbocycles. The van der Waals surface area contributed by atoms with Crippen molar-refractivity contribution >= 4 is 33.4 Å². The molecular formula is C24H27BrN2O4. The first-order valence-corrected chi connectivity index (χ1v) is 11.0. The molecule has 0 radical (unpaired) electrons. The molecule has 31 heavy (non-hydrogen) atoms. The first kappa shape index (κ1) is 23.0. The van der Waals surface area contributed by atoms with Crippen LogP contribution in [0.1, 0.15) is 30.5 Å². The minimum atomic E-state index is -0.671. The van der Waals surface area contributed by atoms with E-state index in [1.54, 1.807) is 24.3 Å². The second kappa shape index (κ2) is 10.1. The monoisotopic (exact) mass is 486 g/mol. The second-order valence-electron chi connectivity index (χ2n) is 7.72. The zero-order chi connectivity index (χ0) is 22.5. The van der Waals surface area contributed by atoms with Crippen molar-refractivity contribution in [3.63, 3.8) is 0 Å². The highest BCUT2D eigenvalue weighted by Crippen LogP contribution is 2.39. The van der Waals surface area contributed by atoms with Crippen LogP contribution in [-0.2, 0) is 9.59 Å². The van der Waals surface area contributed by atoms with E-state index in [1.165, 1.54) is 4.90 Å². The number of hydrogen-bond acceptors (Lipinski definition) is 5. The Balaban J connectivity index is 2.06. The van der Waals surface area contributed by atoms with Crippen molar-refractivity contribution in [1.82, 2.24) is 9.80 Å². The molecule has 1 N–H and O–H groups in total. The van der Waals surface area contributed by atoms with Crippen molar-refractivity contribution in [2.45, 2.75) is 19.4 Å². The molecule has 1 aliphatic rings. The van der Waals surface area contributed by atoms with Gasteiger partial charge in [-0.1, -0.05) is 47.1 Å². The Labute approximate surface area is 191 Å². The minimum Gasteiger partial charge on any atom is -0.507 e. The lowest BCUT2D eigenvalue weighted by Gasteiger charge is -2.26. The molecule has 0 aliphatic carbocycles. The van der Waals surface area contributed by atoms with E-state index in [1.807, 2.05) is 50.2 Å². The molecule has 2 aromatic rings. The van der Waals surface area contributed by atoms with Gasteiger partial charge in [0.2, 0.25) is 0 Å². The van der Waals surface area contributed by atoms with E-state index in [2.05, 4.69) is 15.9 Å². The molecule has 2 aromatic carbocycles. The van der Waals surface area contributed by atoms with Crippen LogP contribution in [0.2, 0.25) is 0 Å². The van der Waals surface area contributed by atoms with Gasteiger partial charge in [-0.05, 0) is 50.3 Å². The lowest BCUT2D eigenvalue weighted by Crippen LogP contribution is -2.35. The molecule has 1 saturated heterocycles. The Morgan fingerprint density at radius 3 is 2.32 bits per heavy atom. The molecule has 1 heterocycles. The summed E-state index contributed by atoms with van der Waals surface area (Å²) in [6, 6.07) is 13.7. The van der Waals surface area contributed by atoms with Gasteiger partial charge in [-0.25, -0.2) is 0 Å². The Bertz CT molecular complexity index is 968. The highest BCUT2D eigenvalue weighted by molar-refractivity contribution is 9.10. The second-order valence-corrected chi connectivity index (χ2v) is 8.64. The lowest BCUT2D eigenvalue weighted by atomic mass is 9.95. The molecule has 7 heteroatoms. The van der Waals surface area contributed by atoms with E-state index in [4.69, 9.17) is 4.74 Å². The summed E-state index contributed by atoms with van der Waals surface area (Å²) in [5.41, 5.74) is 1.34. The smallest absolute Gasteiger partial charge is 0.295 e. The fourth-order valence-corrected chi connectivity index (χ4v) is 3.76. The Morgan fingerprint density at radius 2 is 1.74 bits per heavy atom. The summed E-state index contributed by atoms with van der Waals surface area (Å²) in [4.78, 5) is 29.4. The average Bonchev–Trinajstić information content (AvgIpc) is 3.01. The Hall–Kier alpha value is -2.64. The third kappa shape index (κ3) is 5.17. The number of hydrogen-bond donors (Lipinski definition) is 1. The summed E-state index contributed by atoms with van der Waals surface area (Å²) >= 11 is 3.37. The third-order valence-corrected chi connectivity index (χ3v) is 5.64. The molecule has 164 valence electrons. The first-order chi connectivity index (χ1) is 14.8. The lowest BCUT2D eigenvalue weighted by molar-refractivity contribution is -0.140. The maximum absolute atomic E-state index is 13.0. The van der Waals surface area contributed by atoms with E-state index in [-0.39, 0.29) is 11.3 Å². The van der Waals surface area contributed by atoms with Crippen LogP contribution in [-0.4, -0.2) is 60.4 Å². The number of likely N-dealkylation sites (N-methyl/N-ethyl adjacent to an activating group) is 1. The predicted molar refractivity (Wildman–Crippen MR) is 124 cm³/mol. The Kier molecular flexibility index (Phi) is 7.51. The van der Waals surface area contributed by atoms with Gasteiger partial charge in [-0.15, -0.1) is 0 Å². The van der Waals surface area contributed by atoms with E-state index in [0.29, 0.717) is 25.3 Å². The van der Waals surface area contributed by atoms with Crippen molar-refractivity contribution < 1.29 is 19.4 Å². The molecule has 0 bridgehead atoms. The van der Waals surface area contributed by atoms with Crippen molar-refractivity contribution in [2.24, 2.45) is 0 Å². The number of halogens is 1. The largest absolute Gasteiger partial charge is 0.507 e. The number of benzene rings is 2. The van der Waals surface area contributed by atoms with E-state index >= 15 is 0 Å². The van der Waals surface area contributed by atoms with Gasteiger partial charge in [-0.2, -0.15) is 0 Å². The van der Waals surface area contributed by atoms with Crippen molar-refractivity contribution in [2.75, 3.05) is 33.8 Å². The molecule has 0 unspecified atom stereocenters. The number of rotatable bonds is 8. The number of amides is 1. The van der Waals surface area contributed by atoms with E-state index in [0.717, 1.165) is 22.2 Å². The molecule has 0 spiro atoms. The van der Waals surface area contributed by atoms with Crippen LogP contribution in [0.25, 0.3) is 5.76 Å². The topological polar surface area (TPSA) is 70.1 Å². The number of carbonyl (C=O) groups is 2. The molecule has 1 fully saturated rings. The molecule has 3 rings (SSSR count). The quantitative estimate of drug-likeness (QED) is 0.343. The molecule has 1 atom stereocenters. The zero-order valence-electron chi connectivity index (χ0n) is 18.0. The predicted octanol–water partition coefficient (Wildman–Crippen LogP) is 4.22. The van der Waals surface area contributed by atoms with Crippen LogP contribution in [0.3, 0.4) is 0 Å². The summed E-state index contributed by atoms with van der Waals surface area (Å²) in [5, 5.41) is 11.0. The zero-order valence-corrected chi connectivity index (χ0v) is 19.6. The number of likely N-dealkylation sites (tertiary alicyclic amines) is 1. The number of ketones is 1. The number of aliphatic hydroxyl groups is 1. The van der Waals surface area contributed by atoms with Gasteiger partial charge >= 0.3 is 0 Å². The first-order valence-electron chi connectivity index (χ1n) is 10.2. The Morgan fingerprint density at radius 1 is 1.10 bits per heavy atom. The number of carbonyl (C=O) groups excluding carboxylic acids is 2. The molecule has 0 aromatic heterocycles. The maximum atomic E-state index is 13.0. The summed E-state index contributed by atoms with van der Waals surface area (Å²) in [6.45, 7) is 3.62. The summed E-state index contributed by atoms with van der Waals surface area (Å²) < 4.78 is 6.51. The van der Waals surface area contributed by atoms with Gasteiger partial charge in [0.15, 0.2) is 0 Å². The summed E-state index contributed by atoms with van der Waals surface area (Å²) in [5.74, 6) is -0.717. The summed E-state index contributed by atoms with van der Waals surface area (Å²) in [6.07, 6.45) is 0.902. The number of ether oxygens (including phenoxy) is 1. The maximum Gasteiger partial charge on any atom is 0.295 e. The fourth-order valence-electron chi connectivity index (χ4n) is 3.49. The number of Topliss-reactive ketones (excluding diaryl/α,β-unsaturated/α-hetero) is 1. The average molecular weight is 487 g/mol. The van der Waals surface area contributed by atoms with Gasteiger partial charge in [-0.3, -0.25) is 9.59 Å².